The minimum absolute atomic E-state index is 0.0808. The van der Waals surface area contributed by atoms with Crippen LogP contribution in [0.4, 0.5) is 5.69 Å². The number of aromatic hydroxyl groups is 1. The topological polar surface area (TPSA) is 62.1 Å². The molecule has 0 radical (unpaired) electrons. The molecule has 1 aliphatic rings. The van der Waals surface area contributed by atoms with E-state index < -0.39 is 0 Å². The number of hydrogen-bond acceptors (Lipinski definition) is 5. The van der Waals surface area contributed by atoms with Gasteiger partial charge in [-0.2, -0.15) is 0 Å². The summed E-state index contributed by atoms with van der Waals surface area (Å²) in [5.41, 5.74) is 1.27. The molecule has 2 aromatic carbocycles. The molecule has 26 heavy (non-hydrogen) atoms. The van der Waals surface area contributed by atoms with Gasteiger partial charge < -0.3 is 9.84 Å². The molecule has 1 heterocycles. The molecule has 134 valence electrons. The first-order valence-corrected chi connectivity index (χ1v) is 9.87. The van der Waals surface area contributed by atoms with Crippen molar-refractivity contribution in [3.8, 4) is 11.5 Å². The van der Waals surface area contributed by atoms with Crippen LogP contribution in [0.15, 0.2) is 55.2 Å². The summed E-state index contributed by atoms with van der Waals surface area (Å²) in [6, 6.07) is 10.8. The van der Waals surface area contributed by atoms with Gasteiger partial charge in [0.15, 0.2) is 5.17 Å². The van der Waals surface area contributed by atoms with E-state index in [2.05, 4.69) is 36.9 Å². The normalized spacial score (nSPS) is 17.4. The lowest BCUT2D eigenvalue weighted by Gasteiger charge is -2.07. The number of phenolic OH excluding ortho intramolecular Hbond substituents is 1. The van der Waals surface area contributed by atoms with Crippen molar-refractivity contribution in [1.29, 1.82) is 0 Å². The summed E-state index contributed by atoms with van der Waals surface area (Å²) in [7, 11) is 3.28. The van der Waals surface area contributed by atoms with Crippen LogP contribution in [0.1, 0.15) is 5.56 Å². The molecule has 1 amide bonds. The van der Waals surface area contributed by atoms with Gasteiger partial charge in [0.25, 0.3) is 5.91 Å². The summed E-state index contributed by atoms with van der Waals surface area (Å²) in [5, 5.41) is 10.8. The van der Waals surface area contributed by atoms with Gasteiger partial charge in [0, 0.05) is 17.1 Å². The number of ether oxygens (including phenoxy) is 1. The van der Waals surface area contributed by atoms with Gasteiger partial charge in [-0.1, -0.05) is 15.9 Å². The second kappa shape index (κ2) is 7.85. The molecule has 0 spiro atoms. The van der Waals surface area contributed by atoms with Crippen LogP contribution in [0, 0.1) is 0 Å². The third kappa shape index (κ3) is 3.97. The molecular formula is C18H14Br2N2O3S. The van der Waals surface area contributed by atoms with E-state index in [1.165, 1.54) is 16.7 Å². The van der Waals surface area contributed by atoms with Crippen molar-refractivity contribution in [2.75, 3.05) is 14.2 Å². The van der Waals surface area contributed by atoms with E-state index in [0.29, 0.717) is 20.1 Å². The number of amidine groups is 1. The molecule has 1 fully saturated rings. The number of aliphatic imine (C=N–C) groups is 1. The van der Waals surface area contributed by atoms with Crippen molar-refractivity contribution >= 4 is 66.5 Å². The Hall–Kier alpha value is -1.77. The SMILES string of the molecule is COc1ccc(N=C2SC(=Cc3cc(Br)cc(Br)c3O)C(=O)N2C)cc1. The van der Waals surface area contributed by atoms with Gasteiger partial charge in [0.2, 0.25) is 0 Å². The Labute approximate surface area is 172 Å². The first-order chi connectivity index (χ1) is 12.4. The van der Waals surface area contributed by atoms with E-state index in [9.17, 15) is 9.90 Å². The Morgan fingerprint density at radius 2 is 1.92 bits per heavy atom. The van der Waals surface area contributed by atoms with Gasteiger partial charge in [0.05, 0.1) is 22.2 Å². The van der Waals surface area contributed by atoms with Gasteiger partial charge in [-0.25, -0.2) is 4.99 Å². The maximum absolute atomic E-state index is 12.5. The number of thioether (sulfide) groups is 1. The van der Waals surface area contributed by atoms with Gasteiger partial charge in [0.1, 0.15) is 11.5 Å². The van der Waals surface area contributed by atoms with E-state index >= 15 is 0 Å². The zero-order valence-corrected chi connectivity index (χ0v) is 17.9. The maximum atomic E-state index is 12.5. The minimum Gasteiger partial charge on any atom is -0.506 e. The zero-order valence-electron chi connectivity index (χ0n) is 13.9. The maximum Gasteiger partial charge on any atom is 0.266 e. The summed E-state index contributed by atoms with van der Waals surface area (Å²) in [4.78, 5) is 19.0. The number of likely N-dealkylation sites (N-methyl/N-ethyl adjacent to an activating group) is 1. The summed E-state index contributed by atoms with van der Waals surface area (Å²) in [6.07, 6.45) is 1.66. The molecule has 0 atom stereocenters. The van der Waals surface area contributed by atoms with Crippen molar-refractivity contribution in [3.05, 3.63) is 55.8 Å². The predicted octanol–water partition coefficient (Wildman–Crippen LogP) is 5.16. The number of hydrogen-bond donors (Lipinski definition) is 1. The van der Waals surface area contributed by atoms with E-state index in [1.807, 2.05) is 24.3 Å². The number of amides is 1. The van der Waals surface area contributed by atoms with Crippen LogP contribution in [0.2, 0.25) is 0 Å². The fraction of sp³-hybridized carbons (Fsp3) is 0.111. The molecule has 0 bridgehead atoms. The molecule has 8 heteroatoms. The number of nitrogens with zero attached hydrogens (tertiary/aromatic N) is 2. The third-order valence-electron chi connectivity index (χ3n) is 3.65. The highest BCUT2D eigenvalue weighted by Crippen LogP contribution is 2.37. The fourth-order valence-corrected chi connectivity index (χ4v) is 4.49. The lowest BCUT2D eigenvalue weighted by molar-refractivity contribution is -0.121. The lowest BCUT2D eigenvalue weighted by atomic mass is 10.2. The van der Waals surface area contributed by atoms with Crippen LogP contribution in [0.25, 0.3) is 6.08 Å². The summed E-state index contributed by atoms with van der Waals surface area (Å²) >= 11 is 7.94. The highest BCUT2D eigenvalue weighted by Gasteiger charge is 2.30. The first-order valence-electron chi connectivity index (χ1n) is 7.47. The number of carbonyl (C=O) groups is 1. The molecule has 2 aromatic rings. The number of methoxy groups -OCH3 is 1. The monoisotopic (exact) mass is 496 g/mol. The van der Waals surface area contributed by atoms with Crippen LogP contribution >= 0.6 is 43.6 Å². The second-order valence-electron chi connectivity index (χ2n) is 5.39. The van der Waals surface area contributed by atoms with Crippen molar-refractivity contribution in [1.82, 2.24) is 4.90 Å². The Morgan fingerprint density at radius 1 is 1.23 bits per heavy atom. The average Bonchev–Trinajstić information content (AvgIpc) is 2.88. The van der Waals surface area contributed by atoms with Crippen molar-refractivity contribution in [2.24, 2.45) is 4.99 Å². The highest BCUT2D eigenvalue weighted by atomic mass is 79.9. The van der Waals surface area contributed by atoms with Gasteiger partial charge in [-0.05, 0) is 70.2 Å². The highest BCUT2D eigenvalue weighted by molar-refractivity contribution is 9.11. The summed E-state index contributed by atoms with van der Waals surface area (Å²) in [5.74, 6) is 0.656. The third-order valence-corrected chi connectivity index (χ3v) is 5.77. The van der Waals surface area contributed by atoms with E-state index in [0.717, 1.165) is 15.9 Å². The predicted molar refractivity (Wildman–Crippen MR) is 112 cm³/mol. The average molecular weight is 498 g/mol. The Balaban J connectivity index is 1.92. The van der Waals surface area contributed by atoms with Crippen LogP contribution in [-0.2, 0) is 4.79 Å². The second-order valence-corrected chi connectivity index (χ2v) is 8.17. The van der Waals surface area contributed by atoms with E-state index in [1.54, 1.807) is 32.4 Å². The number of phenols is 1. The van der Waals surface area contributed by atoms with Crippen molar-refractivity contribution in [3.63, 3.8) is 0 Å². The lowest BCUT2D eigenvalue weighted by Crippen LogP contribution is -2.23. The molecule has 0 aromatic heterocycles. The number of halogens is 2. The molecule has 0 saturated carbocycles. The minimum atomic E-state index is -0.169. The number of rotatable bonds is 3. The van der Waals surface area contributed by atoms with Crippen LogP contribution in [-0.4, -0.2) is 35.2 Å². The standard InChI is InChI=1S/C18H14Br2N2O3S/c1-22-17(24)15(8-10-7-11(19)9-14(20)16(10)23)26-18(22)21-12-3-5-13(25-2)6-4-12/h3-9,23H,1-2H3. The largest absolute Gasteiger partial charge is 0.506 e. The molecule has 1 saturated heterocycles. The van der Waals surface area contributed by atoms with Gasteiger partial charge in [-0.3, -0.25) is 9.69 Å². The van der Waals surface area contributed by atoms with Crippen LogP contribution < -0.4 is 4.74 Å². The smallest absolute Gasteiger partial charge is 0.266 e. The summed E-state index contributed by atoms with van der Waals surface area (Å²) in [6.45, 7) is 0. The molecule has 3 rings (SSSR count). The van der Waals surface area contributed by atoms with Crippen LogP contribution in [0.5, 0.6) is 11.5 Å². The van der Waals surface area contributed by atoms with Crippen molar-refractivity contribution < 1.29 is 14.6 Å². The van der Waals surface area contributed by atoms with Crippen molar-refractivity contribution in [2.45, 2.75) is 0 Å². The molecular weight excluding hydrogens is 484 g/mol. The van der Waals surface area contributed by atoms with Gasteiger partial charge in [-0.15, -0.1) is 0 Å². The number of carbonyl (C=O) groups excluding carboxylic acids is 1. The van der Waals surface area contributed by atoms with E-state index in [-0.39, 0.29) is 11.7 Å². The Kier molecular flexibility index (Phi) is 5.74. The molecule has 1 N–H and O–H groups in total. The van der Waals surface area contributed by atoms with E-state index in [4.69, 9.17) is 4.74 Å². The Morgan fingerprint density at radius 3 is 2.58 bits per heavy atom. The molecule has 5 nitrogen and oxygen atoms in total. The molecule has 0 aliphatic carbocycles. The summed E-state index contributed by atoms with van der Waals surface area (Å²) < 4.78 is 6.48. The fourth-order valence-electron chi connectivity index (χ4n) is 2.26. The van der Waals surface area contributed by atoms with Gasteiger partial charge >= 0.3 is 0 Å². The van der Waals surface area contributed by atoms with Crippen LogP contribution in [0.3, 0.4) is 0 Å². The molecule has 0 unspecified atom stereocenters. The molecule has 1 aliphatic heterocycles. The first kappa shape index (κ1) is 19.0. The Bertz CT molecular complexity index is 927. The quantitative estimate of drug-likeness (QED) is 0.595. The zero-order chi connectivity index (χ0) is 18.8. The number of benzene rings is 2.